The van der Waals surface area contributed by atoms with Crippen molar-refractivity contribution >= 4 is 28.9 Å². The fourth-order valence-corrected chi connectivity index (χ4v) is 3.20. The maximum Gasteiger partial charge on any atom is 0.241 e. The van der Waals surface area contributed by atoms with Gasteiger partial charge < -0.3 is 11.1 Å². The topological polar surface area (TPSA) is 58.4 Å². The van der Waals surface area contributed by atoms with E-state index in [4.69, 9.17) is 17.3 Å². The van der Waals surface area contributed by atoms with Crippen LogP contribution in [0, 0.1) is 5.92 Å². The highest BCUT2D eigenvalue weighted by molar-refractivity contribution is 6.31. The molecule has 116 valence electrons. The summed E-state index contributed by atoms with van der Waals surface area (Å²) in [6.07, 6.45) is 2.28. The molecule has 0 saturated carbocycles. The molecule has 1 fully saturated rings. The van der Waals surface area contributed by atoms with Gasteiger partial charge in [-0.1, -0.05) is 18.5 Å². The number of likely N-dealkylation sites (tertiary alicyclic amines) is 1. The van der Waals surface area contributed by atoms with E-state index in [1.807, 2.05) is 6.92 Å². The van der Waals surface area contributed by atoms with Gasteiger partial charge >= 0.3 is 0 Å². The van der Waals surface area contributed by atoms with Crippen LogP contribution in [0.2, 0.25) is 5.02 Å². The molecule has 3 unspecified atom stereocenters. The number of anilines is 2. The number of benzene rings is 1. The first-order chi connectivity index (χ1) is 9.88. The summed E-state index contributed by atoms with van der Waals surface area (Å²) in [5.41, 5.74) is 6.98. The van der Waals surface area contributed by atoms with Crippen molar-refractivity contribution in [1.29, 1.82) is 0 Å². The summed E-state index contributed by atoms with van der Waals surface area (Å²) in [6.45, 7) is 7.36. The van der Waals surface area contributed by atoms with E-state index in [-0.39, 0.29) is 11.9 Å². The highest BCUT2D eigenvalue weighted by Gasteiger charge is 2.30. The van der Waals surface area contributed by atoms with Crippen molar-refractivity contribution in [3.63, 3.8) is 0 Å². The number of carbonyl (C=O) groups excluding carboxylic acids is 1. The Morgan fingerprint density at radius 2 is 2.19 bits per heavy atom. The number of nitrogens with one attached hydrogen (secondary N) is 1. The van der Waals surface area contributed by atoms with Crippen LogP contribution in [-0.2, 0) is 4.79 Å². The molecule has 3 atom stereocenters. The van der Waals surface area contributed by atoms with Crippen LogP contribution in [0.1, 0.15) is 33.6 Å². The van der Waals surface area contributed by atoms with Crippen LogP contribution >= 0.6 is 11.6 Å². The molecule has 1 amide bonds. The quantitative estimate of drug-likeness (QED) is 0.842. The van der Waals surface area contributed by atoms with Gasteiger partial charge in [-0.2, -0.15) is 0 Å². The van der Waals surface area contributed by atoms with Crippen molar-refractivity contribution in [2.75, 3.05) is 17.6 Å². The Bertz CT molecular complexity index is 520. The third-order valence-corrected chi connectivity index (χ3v) is 4.57. The van der Waals surface area contributed by atoms with E-state index in [2.05, 4.69) is 24.1 Å². The monoisotopic (exact) mass is 309 g/mol. The zero-order valence-corrected chi connectivity index (χ0v) is 13.7. The number of amides is 1. The number of hydrogen-bond acceptors (Lipinski definition) is 3. The van der Waals surface area contributed by atoms with Gasteiger partial charge in [0.2, 0.25) is 5.91 Å². The predicted molar refractivity (Wildman–Crippen MR) is 88.5 cm³/mol. The number of piperidine rings is 1. The van der Waals surface area contributed by atoms with Crippen LogP contribution in [0.4, 0.5) is 11.4 Å². The van der Waals surface area contributed by atoms with Gasteiger partial charge in [-0.25, -0.2) is 0 Å². The average molecular weight is 310 g/mol. The lowest BCUT2D eigenvalue weighted by Gasteiger charge is -2.39. The SMILES string of the molecule is CC1CCN(C(C)C(=O)Nc2cc(Cl)ccc2N)C(C)C1. The Morgan fingerprint density at radius 1 is 1.48 bits per heavy atom. The molecule has 0 radical (unpaired) electrons. The largest absolute Gasteiger partial charge is 0.397 e. The molecule has 1 saturated heterocycles. The van der Waals surface area contributed by atoms with Crippen LogP contribution in [0.15, 0.2) is 18.2 Å². The number of nitrogens with zero attached hydrogens (tertiary/aromatic N) is 1. The van der Waals surface area contributed by atoms with Gasteiger partial charge in [0.1, 0.15) is 0 Å². The van der Waals surface area contributed by atoms with E-state index in [0.29, 0.717) is 22.4 Å². The maximum absolute atomic E-state index is 12.5. The first-order valence-electron chi connectivity index (χ1n) is 7.50. The van der Waals surface area contributed by atoms with Crippen LogP contribution in [0.25, 0.3) is 0 Å². The molecular formula is C16H24ClN3O. The van der Waals surface area contributed by atoms with Crippen LogP contribution in [0.3, 0.4) is 0 Å². The Labute approximate surface area is 131 Å². The maximum atomic E-state index is 12.5. The van der Waals surface area contributed by atoms with Gasteiger partial charge in [0.25, 0.3) is 0 Å². The fraction of sp³-hybridized carbons (Fsp3) is 0.562. The molecule has 4 nitrogen and oxygen atoms in total. The predicted octanol–water partition coefficient (Wildman–Crippen LogP) is 3.37. The third-order valence-electron chi connectivity index (χ3n) is 4.34. The highest BCUT2D eigenvalue weighted by atomic mass is 35.5. The Morgan fingerprint density at radius 3 is 2.86 bits per heavy atom. The summed E-state index contributed by atoms with van der Waals surface area (Å²) in [4.78, 5) is 14.7. The molecule has 1 heterocycles. The molecule has 1 aliphatic heterocycles. The second-order valence-corrected chi connectivity index (χ2v) is 6.55. The Kier molecular flexibility index (Phi) is 5.12. The van der Waals surface area contributed by atoms with Crippen molar-refractivity contribution in [2.24, 2.45) is 5.92 Å². The molecule has 2 rings (SSSR count). The average Bonchev–Trinajstić information content (AvgIpc) is 2.42. The number of halogens is 1. The van der Waals surface area contributed by atoms with Gasteiger partial charge in [0.05, 0.1) is 17.4 Å². The number of hydrogen-bond donors (Lipinski definition) is 2. The van der Waals surface area contributed by atoms with Crippen molar-refractivity contribution in [1.82, 2.24) is 4.90 Å². The van der Waals surface area contributed by atoms with Crippen molar-refractivity contribution in [3.8, 4) is 0 Å². The van der Waals surface area contributed by atoms with E-state index in [1.54, 1.807) is 18.2 Å². The normalized spacial score (nSPS) is 24.6. The van der Waals surface area contributed by atoms with Crippen LogP contribution in [-0.4, -0.2) is 29.4 Å². The summed E-state index contributed by atoms with van der Waals surface area (Å²) in [7, 11) is 0. The lowest BCUT2D eigenvalue weighted by Crippen LogP contribution is -2.50. The van der Waals surface area contributed by atoms with Crippen molar-refractivity contribution in [3.05, 3.63) is 23.2 Å². The van der Waals surface area contributed by atoms with Gasteiger partial charge in [-0.05, 0) is 57.4 Å². The molecule has 0 aliphatic carbocycles. The van der Waals surface area contributed by atoms with E-state index in [1.165, 1.54) is 0 Å². The number of carbonyl (C=O) groups is 1. The van der Waals surface area contributed by atoms with Crippen LogP contribution < -0.4 is 11.1 Å². The standard InChI is InChI=1S/C16H24ClN3O/c1-10-6-7-20(11(2)8-10)12(3)16(21)19-15-9-13(17)4-5-14(15)18/h4-5,9-12H,6-8,18H2,1-3H3,(H,19,21). The molecule has 1 aromatic carbocycles. The minimum Gasteiger partial charge on any atom is -0.397 e. The zero-order valence-electron chi connectivity index (χ0n) is 12.9. The van der Waals surface area contributed by atoms with Gasteiger partial charge in [0.15, 0.2) is 0 Å². The molecule has 0 spiro atoms. The first-order valence-corrected chi connectivity index (χ1v) is 7.88. The van der Waals surface area contributed by atoms with Gasteiger partial charge in [-0.3, -0.25) is 9.69 Å². The highest BCUT2D eigenvalue weighted by Crippen LogP contribution is 2.26. The van der Waals surface area contributed by atoms with E-state index in [0.717, 1.165) is 25.3 Å². The number of nitrogen functional groups attached to an aromatic ring is 1. The minimum atomic E-state index is -0.175. The zero-order chi connectivity index (χ0) is 15.6. The summed E-state index contributed by atoms with van der Waals surface area (Å²) in [5, 5.41) is 3.45. The molecule has 0 aromatic heterocycles. The number of rotatable bonds is 3. The van der Waals surface area contributed by atoms with Gasteiger partial charge in [0, 0.05) is 11.1 Å². The lowest BCUT2D eigenvalue weighted by atomic mass is 9.92. The van der Waals surface area contributed by atoms with E-state index < -0.39 is 0 Å². The molecule has 21 heavy (non-hydrogen) atoms. The van der Waals surface area contributed by atoms with Crippen molar-refractivity contribution < 1.29 is 4.79 Å². The van der Waals surface area contributed by atoms with E-state index >= 15 is 0 Å². The smallest absolute Gasteiger partial charge is 0.241 e. The molecule has 1 aromatic rings. The molecule has 0 bridgehead atoms. The Balaban J connectivity index is 2.04. The van der Waals surface area contributed by atoms with Crippen molar-refractivity contribution in [2.45, 2.75) is 45.7 Å². The fourth-order valence-electron chi connectivity index (χ4n) is 3.03. The molecular weight excluding hydrogens is 286 g/mol. The van der Waals surface area contributed by atoms with Crippen LogP contribution in [0.5, 0.6) is 0 Å². The van der Waals surface area contributed by atoms with Gasteiger partial charge in [-0.15, -0.1) is 0 Å². The Hall–Kier alpha value is -1.26. The number of nitrogens with two attached hydrogens (primary N) is 1. The second-order valence-electron chi connectivity index (χ2n) is 6.11. The van der Waals surface area contributed by atoms with E-state index in [9.17, 15) is 4.79 Å². The summed E-state index contributed by atoms with van der Waals surface area (Å²) in [5.74, 6) is 0.695. The molecule has 5 heteroatoms. The molecule has 1 aliphatic rings. The molecule has 3 N–H and O–H groups in total. The first kappa shape index (κ1) is 16.1. The second kappa shape index (κ2) is 6.67. The minimum absolute atomic E-state index is 0.0367. The summed E-state index contributed by atoms with van der Waals surface area (Å²) >= 11 is 5.95. The third kappa shape index (κ3) is 3.89. The lowest BCUT2D eigenvalue weighted by molar-refractivity contribution is -0.122. The summed E-state index contributed by atoms with van der Waals surface area (Å²) < 4.78 is 0. The summed E-state index contributed by atoms with van der Waals surface area (Å²) in [6, 6.07) is 5.35.